The van der Waals surface area contributed by atoms with E-state index >= 15 is 0 Å². The number of carbonyl (C=O) groups is 1. The minimum Gasteiger partial charge on any atom is -0.512 e. The second kappa shape index (κ2) is 15.7. The van der Waals surface area contributed by atoms with Crippen molar-refractivity contribution in [1.29, 1.82) is 0 Å². The monoisotopic (exact) mass is 772 g/mol. The van der Waals surface area contributed by atoms with Crippen LogP contribution in [0, 0.1) is 24.8 Å². The van der Waals surface area contributed by atoms with Crippen LogP contribution in [0.1, 0.15) is 83.7 Å². The maximum atomic E-state index is 11.7. The Kier molecular flexibility index (Phi) is 12.6. The molecule has 1 N–H and O–H groups in total. The summed E-state index contributed by atoms with van der Waals surface area (Å²) in [5, 5.41) is 14.4. The normalized spacial score (nSPS) is 11.8. The van der Waals surface area contributed by atoms with Gasteiger partial charge in [0.1, 0.15) is 0 Å². The molecule has 0 amide bonds. The predicted molar refractivity (Wildman–Crippen MR) is 179 cm³/mol. The topological polar surface area (TPSA) is 63.1 Å². The molecule has 0 atom stereocenters. The summed E-state index contributed by atoms with van der Waals surface area (Å²) in [6.45, 7) is 14.6. The summed E-state index contributed by atoms with van der Waals surface area (Å²) in [7, 11) is 0. The van der Waals surface area contributed by atoms with Crippen LogP contribution in [0.2, 0.25) is 0 Å². The van der Waals surface area contributed by atoms with Crippen molar-refractivity contribution < 1.29 is 30.0 Å². The first-order valence-corrected chi connectivity index (χ1v) is 16.1. The molecule has 0 saturated carbocycles. The van der Waals surface area contributed by atoms with Crippen LogP contribution in [-0.4, -0.2) is 20.9 Å². The number of ketones is 1. The summed E-state index contributed by atoms with van der Waals surface area (Å²) in [5.74, 6) is 0.884. The first kappa shape index (κ1) is 34.6. The number of allylic oxidation sites excluding steroid dienone is 2. The third-order valence-electron chi connectivity index (χ3n) is 8.03. The van der Waals surface area contributed by atoms with Gasteiger partial charge in [0.15, 0.2) is 5.78 Å². The predicted octanol–water partition coefficient (Wildman–Crippen LogP) is 10.8. The Hall–Kier alpha value is -2.92. The number of thiophene rings is 1. The van der Waals surface area contributed by atoms with Crippen LogP contribution in [0.25, 0.3) is 43.1 Å². The fraction of sp³-hybridized carbons (Fsp3) is 0.378. The van der Waals surface area contributed by atoms with E-state index in [4.69, 9.17) is 9.97 Å². The zero-order valence-electron chi connectivity index (χ0n) is 26.3. The molecule has 0 aliphatic heterocycles. The molecule has 43 heavy (non-hydrogen) atoms. The SMILES string of the molecule is CCC(CC)C(=O)/C=C(\O)C(CC)CC.Cc1cc2c(-c3[c-]c4ccccc4c(C(C)C)n3)nc3ccccc3c2s1.[Ir]. The number of aromatic nitrogens is 2. The van der Waals surface area contributed by atoms with Crippen LogP contribution in [0.15, 0.2) is 66.4 Å². The van der Waals surface area contributed by atoms with Gasteiger partial charge in [-0.2, -0.15) is 0 Å². The van der Waals surface area contributed by atoms with Crippen molar-refractivity contribution in [2.24, 2.45) is 11.8 Å². The van der Waals surface area contributed by atoms with Gasteiger partial charge in [0, 0.05) is 70.1 Å². The molecule has 5 aromatic rings. The quantitative estimate of drug-likeness (QED) is 0.0921. The van der Waals surface area contributed by atoms with Gasteiger partial charge in [0.05, 0.1) is 11.3 Å². The number of aryl methyl sites for hydroxylation is 1. The number of aliphatic hydroxyl groups is 1. The number of nitrogens with zero attached hydrogens (tertiary/aromatic N) is 2. The van der Waals surface area contributed by atoms with Crippen LogP contribution < -0.4 is 0 Å². The van der Waals surface area contributed by atoms with Crippen molar-refractivity contribution in [3.63, 3.8) is 0 Å². The first-order chi connectivity index (χ1) is 20.2. The van der Waals surface area contributed by atoms with E-state index in [9.17, 15) is 9.90 Å². The number of hydrogen-bond acceptors (Lipinski definition) is 5. The van der Waals surface area contributed by atoms with Crippen LogP contribution in [0.5, 0.6) is 0 Å². The summed E-state index contributed by atoms with van der Waals surface area (Å²) >= 11 is 1.82. The average Bonchev–Trinajstić information content (AvgIpc) is 3.39. The van der Waals surface area contributed by atoms with Gasteiger partial charge in [0.25, 0.3) is 0 Å². The van der Waals surface area contributed by atoms with Crippen LogP contribution in [0.3, 0.4) is 0 Å². The van der Waals surface area contributed by atoms with E-state index in [1.165, 1.54) is 31.8 Å². The molecule has 5 rings (SSSR count). The number of para-hydroxylation sites is 1. The Bertz CT molecular complexity index is 1710. The Labute approximate surface area is 274 Å². The van der Waals surface area contributed by atoms with Crippen molar-refractivity contribution in [2.45, 2.75) is 80.1 Å². The van der Waals surface area contributed by atoms with Crippen molar-refractivity contribution in [2.75, 3.05) is 0 Å². The van der Waals surface area contributed by atoms with Gasteiger partial charge in [-0.3, -0.25) is 14.8 Å². The minimum atomic E-state index is 0. The Morgan fingerprint density at radius 2 is 1.49 bits per heavy atom. The second-order valence-corrected chi connectivity index (χ2v) is 12.5. The molecule has 229 valence electrons. The Balaban J connectivity index is 0.000000274. The summed E-state index contributed by atoms with van der Waals surface area (Å²) in [5.41, 5.74) is 3.89. The average molecular weight is 772 g/mol. The molecule has 0 bridgehead atoms. The fourth-order valence-corrected chi connectivity index (χ4v) is 6.54. The number of aliphatic hydroxyl groups excluding tert-OH is 1. The number of hydrogen-bond donors (Lipinski definition) is 1. The summed E-state index contributed by atoms with van der Waals surface area (Å²) in [6.07, 6.45) is 4.91. The molecule has 0 saturated heterocycles. The van der Waals surface area contributed by atoms with Gasteiger partial charge in [0.2, 0.25) is 0 Å². The van der Waals surface area contributed by atoms with Gasteiger partial charge in [-0.15, -0.1) is 34.9 Å². The third kappa shape index (κ3) is 7.78. The van der Waals surface area contributed by atoms with Crippen molar-refractivity contribution >= 4 is 48.9 Å². The molecule has 0 fully saturated rings. The van der Waals surface area contributed by atoms with Crippen molar-refractivity contribution in [1.82, 2.24) is 9.97 Å². The van der Waals surface area contributed by atoms with E-state index in [-0.39, 0.29) is 43.5 Å². The Morgan fingerprint density at radius 3 is 2.12 bits per heavy atom. The van der Waals surface area contributed by atoms with Gasteiger partial charge in [-0.25, -0.2) is 0 Å². The number of rotatable bonds is 9. The number of benzene rings is 2. The smallest absolute Gasteiger partial charge is 0.162 e. The van der Waals surface area contributed by atoms with E-state index in [0.717, 1.165) is 53.7 Å². The molecule has 3 heterocycles. The van der Waals surface area contributed by atoms with Gasteiger partial charge in [-0.05, 0) is 56.0 Å². The molecule has 0 aliphatic carbocycles. The van der Waals surface area contributed by atoms with Crippen LogP contribution in [0.4, 0.5) is 0 Å². The van der Waals surface area contributed by atoms with E-state index in [1.807, 2.05) is 45.1 Å². The third-order valence-corrected chi connectivity index (χ3v) is 9.12. The summed E-state index contributed by atoms with van der Waals surface area (Å²) in [4.78, 5) is 23.0. The molecule has 3 aromatic heterocycles. The second-order valence-electron chi connectivity index (χ2n) is 11.2. The Morgan fingerprint density at radius 1 is 0.884 bits per heavy atom. The van der Waals surface area contributed by atoms with Crippen molar-refractivity contribution in [3.8, 4) is 11.4 Å². The molecule has 2 aromatic carbocycles. The molecular formula is C37H43IrN2O2S-. The van der Waals surface area contributed by atoms with E-state index < -0.39 is 0 Å². The first-order valence-electron chi connectivity index (χ1n) is 15.3. The van der Waals surface area contributed by atoms with Crippen LogP contribution in [-0.2, 0) is 24.9 Å². The number of carbonyl (C=O) groups excluding carboxylic acids is 1. The zero-order valence-corrected chi connectivity index (χ0v) is 29.5. The van der Waals surface area contributed by atoms with Gasteiger partial charge in [-0.1, -0.05) is 77.3 Å². The number of fused-ring (bicyclic) bond motifs is 4. The molecule has 0 unspecified atom stereocenters. The van der Waals surface area contributed by atoms with E-state index in [2.05, 4.69) is 75.4 Å². The molecule has 6 heteroatoms. The number of pyridine rings is 2. The molecule has 0 aliphatic rings. The van der Waals surface area contributed by atoms with Gasteiger partial charge >= 0.3 is 0 Å². The molecular weight excluding hydrogens is 729 g/mol. The molecule has 1 radical (unpaired) electrons. The largest absolute Gasteiger partial charge is 0.512 e. The maximum absolute atomic E-state index is 11.7. The minimum absolute atomic E-state index is 0. The van der Waals surface area contributed by atoms with Crippen molar-refractivity contribution in [3.05, 3.63) is 83.1 Å². The summed E-state index contributed by atoms with van der Waals surface area (Å²) in [6, 6.07) is 22.5. The molecule has 4 nitrogen and oxygen atoms in total. The van der Waals surface area contributed by atoms with E-state index in [0.29, 0.717) is 5.92 Å². The standard InChI is InChI=1S/C24H19N2S.C13H24O2.Ir/c1-14(2)22-17-9-5-4-8-16(17)13-21(26-22)23-19-12-15(3)27-24(19)18-10-6-7-11-20(18)25-23;1-5-10(6-2)12(14)9-13(15)11(7-3)8-4;/h4-12,14H,1-3H3;9-11,14H,5-8H2,1-4H3;/q-1;;/b;12-9-;. The fourth-order valence-electron chi connectivity index (χ4n) is 5.50. The molecule has 0 spiro atoms. The van der Waals surface area contributed by atoms with Crippen LogP contribution >= 0.6 is 11.3 Å². The zero-order chi connectivity index (χ0) is 30.4. The van der Waals surface area contributed by atoms with E-state index in [1.54, 1.807) is 0 Å². The summed E-state index contributed by atoms with van der Waals surface area (Å²) < 4.78 is 1.28. The maximum Gasteiger partial charge on any atom is 0.162 e. The van der Waals surface area contributed by atoms with Gasteiger partial charge < -0.3 is 5.11 Å².